The molecule has 0 aromatic heterocycles. The van der Waals surface area contributed by atoms with Gasteiger partial charge < -0.3 is 38.3 Å². The molecule has 13 heteroatoms. The summed E-state index contributed by atoms with van der Waals surface area (Å²) in [6, 6.07) is 1.43. The predicted octanol–water partition coefficient (Wildman–Crippen LogP) is 1.51. The summed E-state index contributed by atoms with van der Waals surface area (Å²) in [6.07, 6.45) is -6.91. The van der Waals surface area contributed by atoms with Crippen molar-refractivity contribution in [1.29, 1.82) is 0 Å². The van der Waals surface area contributed by atoms with E-state index in [4.69, 9.17) is 33.2 Å². The lowest BCUT2D eigenvalue weighted by atomic mass is 9.87. The zero-order valence-corrected chi connectivity index (χ0v) is 21.5. The smallest absolute Gasteiger partial charge is 0.339 e. The molecule has 1 aromatic carbocycles. The molecular formula is C24H30O13. The van der Waals surface area contributed by atoms with Crippen molar-refractivity contribution in [1.82, 2.24) is 0 Å². The van der Waals surface area contributed by atoms with Gasteiger partial charge in [-0.05, 0) is 18.6 Å². The number of carboxylic acids is 1. The summed E-state index contributed by atoms with van der Waals surface area (Å²) >= 11 is 0. The normalized spacial score (nSPS) is 22.8. The second-order valence-electron chi connectivity index (χ2n) is 8.14. The quantitative estimate of drug-likeness (QED) is 0.363. The highest BCUT2D eigenvalue weighted by atomic mass is 16.7. The van der Waals surface area contributed by atoms with Crippen molar-refractivity contribution in [3.63, 3.8) is 0 Å². The maximum absolute atomic E-state index is 12.1. The summed E-state index contributed by atoms with van der Waals surface area (Å²) in [5.41, 5.74) is 0.104. The summed E-state index contributed by atoms with van der Waals surface area (Å²) < 4.78 is 38.4. The zero-order chi connectivity index (χ0) is 28.0. The molecule has 0 saturated carbocycles. The highest BCUT2D eigenvalue weighted by molar-refractivity contribution is 5.94. The van der Waals surface area contributed by atoms with Crippen molar-refractivity contribution in [2.75, 3.05) is 20.8 Å². The third kappa shape index (κ3) is 6.88. The van der Waals surface area contributed by atoms with E-state index < -0.39 is 67.0 Å². The summed E-state index contributed by atoms with van der Waals surface area (Å²) in [6.45, 7) is 5.53. The molecule has 37 heavy (non-hydrogen) atoms. The summed E-state index contributed by atoms with van der Waals surface area (Å²) in [5.74, 6) is -4.43. The molecule has 0 spiro atoms. The van der Waals surface area contributed by atoms with Gasteiger partial charge in [-0.3, -0.25) is 19.2 Å². The van der Waals surface area contributed by atoms with Gasteiger partial charge in [-0.2, -0.15) is 0 Å². The molecule has 5 atom stereocenters. The average molecular weight is 526 g/mol. The van der Waals surface area contributed by atoms with Crippen LogP contribution >= 0.6 is 0 Å². The van der Waals surface area contributed by atoms with Crippen LogP contribution in [-0.2, 0) is 42.9 Å². The number of aryl methyl sites for hydroxylation is 1. The standard InChI is InChI=1S/C24H30O13/c1-10-8-15(31-6)18(20(32-7)17(10)24(29)30)21-23(36-14(5)28)22(35-13(4)27)19(34-12(3)26)16(37-21)9-33-11(2)25/h8,16,19,21-23H,9H2,1-7H3,(H,29,30)/t16-,19-,21+,22+,23+/m1/s1. The fourth-order valence-corrected chi connectivity index (χ4v) is 4.15. The van der Waals surface area contributed by atoms with Crippen LogP contribution in [0.5, 0.6) is 11.5 Å². The summed E-state index contributed by atoms with van der Waals surface area (Å²) in [7, 11) is 2.55. The number of carbonyl (C=O) groups is 5. The van der Waals surface area contributed by atoms with Gasteiger partial charge in [-0.15, -0.1) is 0 Å². The van der Waals surface area contributed by atoms with E-state index in [0.29, 0.717) is 5.56 Å². The van der Waals surface area contributed by atoms with Crippen LogP contribution in [0.3, 0.4) is 0 Å². The first-order valence-corrected chi connectivity index (χ1v) is 11.1. The lowest BCUT2D eigenvalue weighted by Gasteiger charge is -2.45. The van der Waals surface area contributed by atoms with Crippen LogP contribution in [-0.4, -0.2) is 80.2 Å². The van der Waals surface area contributed by atoms with E-state index in [0.717, 1.165) is 27.7 Å². The average Bonchev–Trinajstić information content (AvgIpc) is 2.78. The second kappa shape index (κ2) is 12.4. The van der Waals surface area contributed by atoms with Crippen LogP contribution in [0, 0.1) is 6.92 Å². The minimum atomic E-state index is -1.47. The van der Waals surface area contributed by atoms with Crippen LogP contribution in [0.15, 0.2) is 6.07 Å². The highest BCUT2D eigenvalue weighted by Gasteiger charge is 2.54. The fourth-order valence-electron chi connectivity index (χ4n) is 4.15. The van der Waals surface area contributed by atoms with Gasteiger partial charge in [0.2, 0.25) is 0 Å². The van der Waals surface area contributed by atoms with E-state index in [1.807, 2.05) is 0 Å². The zero-order valence-electron chi connectivity index (χ0n) is 21.5. The number of benzene rings is 1. The number of rotatable bonds is 9. The maximum atomic E-state index is 12.1. The van der Waals surface area contributed by atoms with E-state index in [1.165, 1.54) is 27.2 Å². The first kappa shape index (κ1) is 29.4. The molecule has 1 heterocycles. The Bertz CT molecular complexity index is 1060. The molecule has 1 N–H and O–H groups in total. The molecule has 1 aromatic rings. The molecule has 1 saturated heterocycles. The molecule has 204 valence electrons. The molecule has 0 aliphatic carbocycles. The Kier molecular flexibility index (Phi) is 9.83. The van der Waals surface area contributed by atoms with E-state index in [9.17, 15) is 29.1 Å². The fraction of sp³-hybridized carbons (Fsp3) is 0.542. The van der Waals surface area contributed by atoms with Crippen molar-refractivity contribution < 1.29 is 62.2 Å². The van der Waals surface area contributed by atoms with Gasteiger partial charge in [0, 0.05) is 27.7 Å². The molecule has 1 fully saturated rings. The molecule has 0 amide bonds. The largest absolute Gasteiger partial charge is 0.496 e. The summed E-state index contributed by atoms with van der Waals surface area (Å²) in [4.78, 5) is 59.8. The third-order valence-electron chi connectivity index (χ3n) is 5.39. The third-order valence-corrected chi connectivity index (χ3v) is 5.39. The van der Waals surface area contributed by atoms with Gasteiger partial charge in [-0.1, -0.05) is 0 Å². The van der Waals surface area contributed by atoms with Gasteiger partial charge in [0.15, 0.2) is 18.3 Å². The lowest BCUT2D eigenvalue weighted by Crippen LogP contribution is -2.59. The Labute approximate surface area is 212 Å². The predicted molar refractivity (Wildman–Crippen MR) is 122 cm³/mol. The van der Waals surface area contributed by atoms with Crippen LogP contribution in [0.25, 0.3) is 0 Å². The number of hydrogen-bond donors (Lipinski definition) is 1. The number of hydrogen-bond acceptors (Lipinski definition) is 12. The van der Waals surface area contributed by atoms with Crippen LogP contribution in [0.2, 0.25) is 0 Å². The molecule has 2 rings (SSSR count). The number of carboxylic acid groups (broad SMARTS) is 1. The Morgan fingerprint density at radius 2 is 1.38 bits per heavy atom. The Balaban J connectivity index is 2.86. The molecule has 1 aliphatic heterocycles. The number of esters is 4. The van der Waals surface area contributed by atoms with Gasteiger partial charge >= 0.3 is 29.8 Å². The van der Waals surface area contributed by atoms with Gasteiger partial charge in [-0.25, -0.2) is 4.79 Å². The van der Waals surface area contributed by atoms with Crippen molar-refractivity contribution >= 4 is 29.8 Å². The van der Waals surface area contributed by atoms with Gasteiger partial charge in [0.05, 0.1) is 19.8 Å². The number of carbonyl (C=O) groups excluding carboxylic acids is 4. The molecule has 0 unspecified atom stereocenters. The molecule has 13 nitrogen and oxygen atoms in total. The number of ether oxygens (including phenoxy) is 7. The van der Waals surface area contributed by atoms with Crippen molar-refractivity contribution in [2.24, 2.45) is 0 Å². The minimum Gasteiger partial charge on any atom is -0.496 e. The van der Waals surface area contributed by atoms with E-state index >= 15 is 0 Å². The Morgan fingerprint density at radius 3 is 1.84 bits per heavy atom. The number of aromatic carboxylic acids is 1. The van der Waals surface area contributed by atoms with E-state index in [1.54, 1.807) is 0 Å². The van der Waals surface area contributed by atoms with Crippen LogP contribution < -0.4 is 9.47 Å². The van der Waals surface area contributed by atoms with Crippen LogP contribution in [0.4, 0.5) is 0 Å². The highest BCUT2D eigenvalue weighted by Crippen LogP contribution is 2.47. The maximum Gasteiger partial charge on any atom is 0.339 e. The monoisotopic (exact) mass is 526 g/mol. The Morgan fingerprint density at radius 1 is 0.838 bits per heavy atom. The first-order chi connectivity index (χ1) is 17.3. The topological polar surface area (TPSA) is 170 Å². The first-order valence-electron chi connectivity index (χ1n) is 11.1. The summed E-state index contributed by atoms with van der Waals surface area (Å²) in [5, 5.41) is 9.85. The SMILES string of the molecule is COc1cc(C)c(C(=O)O)c(OC)c1[C@@H]1O[C@H](COC(C)=O)[C@@H](OC(C)=O)[C@H](OC(C)=O)[C@H]1OC(C)=O. The van der Waals surface area contributed by atoms with Crippen molar-refractivity contribution in [3.05, 3.63) is 22.8 Å². The number of methoxy groups -OCH3 is 2. The van der Waals surface area contributed by atoms with Crippen molar-refractivity contribution in [3.8, 4) is 11.5 Å². The van der Waals surface area contributed by atoms with Crippen molar-refractivity contribution in [2.45, 2.75) is 65.1 Å². The molecular weight excluding hydrogens is 496 g/mol. The van der Waals surface area contributed by atoms with Gasteiger partial charge in [0.25, 0.3) is 0 Å². The Hall–Kier alpha value is -3.87. The minimum absolute atomic E-state index is 0.0190. The van der Waals surface area contributed by atoms with E-state index in [-0.39, 0.29) is 22.6 Å². The molecule has 0 radical (unpaired) electrons. The lowest BCUT2D eigenvalue weighted by molar-refractivity contribution is -0.254. The molecule has 1 aliphatic rings. The van der Waals surface area contributed by atoms with Gasteiger partial charge in [0.1, 0.15) is 35.9 Å². The van der Waals surface area contributed by atoms with E-state index in [2.05, 4.69) is 0 Å². The second-order valence-corrected chi connectivity index (χ2v) is 8.14. The van der Waals surface area contributed by atoms with Crippen LogP contribution in [0.1, 0.15) is 55.3 Å². The molecule has 0 bridgehead atoms.